The van der Waals surface area contributed by atoms with Gasteiger partial charge in [0.15, 0.2) is 5.96 Å². The third-order valence-corrected chi connectivity index (χ3v) is 3.15. The summed E-state index contributed by atoms with van der Waals surface area (Å²) in [5.74, 6) is 0.737. The molecule has 5 nitrogen and oxygen atoms in total. The molecule has 1 aliphatic carbocycles. The lowest BCUT2D eigenvalue weighted by atomic mass is 10.2. The summed E-state index contributed by atoms with van der Waals surface area (Å²) in [4.78, 5) is 15.1. The first-order valence-electron chi connectivity index (χ1n) is 6.95. The van der Waals surface area contributed by atoms with Gasteiger partial charge in [-0.15, -0.1) is 24.0 Å². The Hall–Kier alpha value is -0.790. The summed E-state index contributed by atoms with van der Waals surface area (Å²) < 4.78 is 4.60. The Morgan fingerprint density at radius 1 is 1.30 bits per heavy atom. The van der Waals surface area contributed by atoms with Crippen molar-refractivity contribution in [2.45, 2.75) is 44.6 Å². The van der Waals surface area contributed by atoms with Gasteiger partial charge in [0, 0.05) is 26.1 Å². The van der Waals surface area contributed by atoms with Gasteiger partial charge < -0.3 is 15.4 Å². The molecule has 0 aromatic rings. The summed E-state index contributed by atoms with van der Waals surface area (Å²) in [7, 11) is 3.21. The van der Waals surface area contributed by atoms with E-state index in [9.17, 15) is 4.79 Å². The number of methoxy groups -OCH3 is 1. The number of carbonyl (C=O) groups is 1. The van der Waals surface area contributed by atoms with Crippen LogP contribution in [0.15, 0.2) is 17.1 Å². The van der Waals surface area contributed by atoms with Gasteiger partial charge in [-0.1, -0.05) is 18.6 Å². The summed E-state index contributed by atoms with van der Waals surface area (Å²) in [6.45, 7) is 0.876. The zero-order valence-corrected chi connectivity index (χ0v) is 14.7. The van der Waals surface area contributed by atoms with E-state index in [4.69, 9.17) is 0 Å². The monoisotopic (exact) mass is 395 g/mol. The Balaban J connectivity index is 0.00000361. The van der Waals surface area contributed by atoms with Crippen molar-refractivity contribution < 1.29 is 9.53 Å². The average Bonchev–Trinajstić information content (AvgIpc) is 2.93. The van der Waals surface area contributed by atoms with Crippen LogP contribution in [0.2, 0.25) is 0 Å². The van der Waals surface area contributed by atoms with Gasteiger partial charge in [0.1, 0.15) is 0 Å². The first-order chi connectivity index (χ1) is 9.26. The summed E-state index contributed by atoms with van der Waals surface area (Å²) in [6, 6.07) is 0.477. The van der Waals surface area contributed by atoms with E-state index in [-0.39, 0.29) is 29.9 Å². The molecule has 1 rings (SSSR count). The van der Waals surface area contributed by atoms with Crippen molar-refractivity contribution in [2.75, 3.05) is 20.7 Å². The molecule has 0 unspecified atom stereocenters. The number of unbranched alkanes of at least 4 members (excludes halogenated alkanes) is 2. The minimum absolute atomic E-state index is 0. The Morgan fingerprint density at radius 2 is 2.00 bits per heavy atom. The molecule has 2 N–H and O–H groups in total. The maximum atomic E-state index is 10.9. The molecule has 0 saturated carbocycles. The minimum atomic E-state index is -0.126. The van der Waals surface area contributed by atoms with Gasteiger partial charge >= 0.3 is 5.97 Å². The highest BCUT2D eigenvalue weighted by Crippen LogP contribution is 2.08. The van der Waals surface area contributed by atoms with Crippen LogP contribution in [0.5, 0.6) is 0 Å². The van der Waals surface area contributed by atoms with Crippen LogP contribution in [-0.2, 0) is 9.53 Å². The van der Waals surface area contributed by atoms with E-state index in [2.05, 4.69) is 32.5 Å². The lowest BCUT2D eigenvalue weighted by Crippen LogP contribution is -2.42. The second-order valence-corrected chi connectivity index (χ2v) is 4.67. The number of halogens is 1. The Kier molecular flexibility index (Phi) is 11.5. The summed E-state index contributed by atoms with van der Waals surface area (Å²) >= 11 is 0. The van der Waals surface area contributed by atoms with E-state index in [1.165, 1.54) is 7.11 Å². The van der Waals surface area contributed by atoms with E-state index < -0.39 is 0 Å². The van der Waals surface area contributed by atoms with Crippen LogP contribution in [0.1, 0.15) is 38.5 Å². The predicted molar refractivity (Wildman–Crippen MR) is 92.6 cm³/mol. The third-order valence-electron chi connectivity index (χ3n) is 3.15. The molecule has 1 aliphatic rings. The van der Waals surface area contributed by atoms with Crippen LogP contribution in [0.4, 0.5) is 0 Å². The minimum Gasteiger partial charge on any atom is -0.469 e. The number of rotatable bonds is 7. The number of nitrogens with zero attached hydrogens (tertiary/aromatic N) is 1. The molecule has 0 bridgehead atoms. The van der Waals surface area contributed by atoms with Gasteiger partial charge in [-0.3, -0.25) is 9.79 Å². The number of nitrogens with one attached hydrogen (secondary N) is 2. The molecule has 0 heterocycles. The highest BCUT2D eigenvalue weighted by atomic mass is 127. The van der Waals surface area contributed by atoms with Crippen LogP contribution in [0, 0.1) is 0 Å². The quantitative estimate of drug-likeness (QED) is 0.173. The lowest BCUT2D eigenvalue weighted by Gasteiger charge is -2.16. The smallest absolute Gasteiger partial charge is 0.305 e. The Morgan fingerprint density at radius 3 is 2.60 bits per heavy atom. The first-order valence-corrected chi connectivity index (χ1v) is 6.95. The molecule has 0 aromatic carbocycles. The van der Waals surface area contributed by atoms with Gasteiger partial charge in [-0.25, -0.2) is 0 Å². The SMILES string of the molecule is CN=C(NCCCCCC(=O)OC)NC1CC=CC1.I. The van der Waals surface area contributed by atoms with Crippen molar-refractivity contribution in [2.24, 2.45) is 4.99 Å². The number of hydrogen-bond donors (Lipinski definition) is 2. The van der Waals surface area contributed by atoms with E-state index in [1.807, 2.05) is 0 Å². The van der Waals surface area contributed by atoms with Crippen LogP contribution >= 0.6 is 24.0 Å². The third kappa shape index (κ3) is 8.39. The largest absolute Gasteiger partial charge is 0.469 e. The van der Waals surface area contributed by atoms with Gasteiger partial charge in [0.2, 0.25) is 0 Å². The predicted octanol–water partition coefficient (Wildman–Crippen LogP) is 2.22. The molecular formula is C14H26IN3O2. The summed E-state index contributed by atoms with van der Waals surface area (Å²) in [6.07, 6.45) is 9.96. The fraction of sp³-hybridized carbons (Fsp3) is 0.714. The molecule has 0 spiro atoms. The van der Waals surface area contributed by atoms with Gasteiger partial charge in [-0.2, -0.15) is 0 Å². The molecule has 20 heavy (non-hydrogen) atoms. The highest BCUT2D eigenvalue weighted by molar-refractivity contribution is 14.0. The number of ether oxygens (including phenoxy) is 1. The maximum absolute atomic E-state index is 10.9. The van der Waals surface area contributed by atoms with Crippen LogP contribution in [0.25, 0.3) is 0 Å². The normalized spacial score (nSPS) is 14.8. The van der Waals surface area contributed by atoms with Crippen molar-refractivity contribution in [1.29, 1.82) is 0 Å². The first kappa shape index (κ1) is 19.2. The van der Waals surface area contributed by atoms with E-state index in [0.29, 0.717) is 12.5 Å². The molecular weight excluding hydrogens is 369 g/mol. The number of guanidine groups is 1. The molecule has 0 aliphatic heterocycles. The van der Waals surface area contributed by atoms with Gasteiger partial charge in [-0.05, 0) is 25.7 Å². The van der Waals surface area contributed by atoms with Crippen molar-refractivity contribution in [1.82, 2.24) is 10.6 Å². The van der Waals surface area contributed by atoms with Crippen LogP contribution in [0.3, 0.4) is 0 Å². The molecule has 116 valence electrons. The molecule has 6 heteroatoms. The Bertz CT molecular complexity index is 324. The number of hydrogen-bond acceptors (Lipinski definition) is 3. The van der Waals surface area contributed by atoms with E-state index in [1.54, 1.807) is 7.05 Å². The lowest BCUT2D eigenvalue weighted by molar-refractivity contribution is -0.140. The molecule has 0 aromatic heterocycles. The Labute approximate surface area is 138 Å². The topological polar surface area (TPSA) is 62.7 Å². The van der Waals surface area contributed by atoms with E-state index in [0.717, 1.165) is 44.6 Å². The molecule has 0 saturated heterocycles. The molecule has 0 amide bonds. The van der Waals surface area contributed by atoms with Crippen LogP contribution in [-0.4, -0.2) is 38.7 Å². The van der Waals surface area contributed by atoms with Gasteiger partial charge in [0.05, 0.1) is 7.11 Å². The zero-order valence-electron chi connectivity index (χ0n) is 12.4. The summed E-state index contributed by atoms with van der Waals surface area (Å²) in [5, 5.41) is 6.68. The second-order valence-electron chi connectivity index (χ2n) is 4.67. The molecule has 0 fully saturated rings. The number of esters is 1. The number of aliphatic imine (C=N–C) groups is 1. The fourth-order valence-electron chi connectivity index (χ4n) is 2.00. The van der Waals surface area contributed by atoms with Crippen molar-refractivity contribution >= 4 is 35.9 Å². The fourth-order valence-corrected chi connectivity index (χ4v) is 2.00. The average molecular weight is 395 g/mol. The van der Waals surface area contributed by atoms with Crippen LogP contribution < -0.4 is 10.6 Å². The van der Waals surface area contributed by atoms with Crippen molar-refractivity contribution in [3.63, 3.8) is 0 Å². The standard InChI is InChI=1S/C14H25N3O2.HI/c1-15-14(17-12-8-5-6-9-12)16-11-7-3-4-10-13(18)19-2;/h5-6,12H,3-4,7-11H2,1-2H3,(H2,15,16,17);1H. The van der Waals surface area contributed by atoms with Gasteiger partial charge in [0.25, 0.3) is 0 Å². The highest BCUT2D eigenvalue weighted by Gasteiger charge is 2.10. The van der Waals surface area contributed by atoms with E-state index >= 15 is 0 Å². The molecule has 0 atom stereocenters. The summed E-state index contributed by atoms with van der Waals surface area (Å²) in [5.41, 5.74) is 0. The van der Waals surface area contributed by atoms with Crippen molar-refractivity contribution in [3.8, 4) is 0 Å². The molecule has 0 radical (unpaired) electrons. The second kappa shape index (κ2) is 12.0. The van der Waals surface area contributed by atoms with Crippen molar-refractivity contribution in [3.05, 3.63) is 12.2 Å². The zero-order chi connectivity index (χ0) is 13.9. The number of carbonyl (C=O) groups excluding carboxylic acids is 1. The maximum Gasteiger partial charge on any atom is 0.305 e.